The summed E-state index contributed by atoms with van der Waals surface area (Å²) in [6, 6.07) is 5.69. The number of ether oxygens (including phenoxy) is 2. The molecule has 0 radical (unpaired) electrons. The molecular weight excluding hydrogens is 372 g/mol. The van der Waals surface area contributed by atoms with Crippen LogP contribution in [0.25, 0.3) is 0 Å². The van der Waals surface area contributed by atoms with Crippen molar-refractivity contribution < 1.29 is 36.3 Å². The summed E-state index contributed by atoms with van der Waals surface area (Å²) in [5.41, 5.74) is -1.15. The molecule has 7 nitrogen and oxygen atoms in total. The van der Waals surface area contributed by atoms with Gasteiger partial charge in [0.15, 0.2) is 0 Å². The number of sulfonamides is 1. The van der Waals surface area contributed by atoms with Gasteiger partial charge in [-0.2, -0.15) is 0 Å². The fraction of sp³-hybridized carbons (Fsp3) is 0.125. The Morgan fingerprint density at radius 1 is 0.923 bits per heavy atom. The molecular formula is C16H13F2NO6S. The molecule has 0 aromatic heterocycles. The number of esters is 2. The van der Waals surface area contributed by atoms with Crippen LogP contribution in [0.3, 0.4) is 0 Å². The zero-order valence-electron chi connectivity index (χ0n) is 13.6. The molecule has 2 rings (SSSR count). The highest BCUT2D eigenvalue weighted by Crippen LogP contribution is 2.23. The maximum atomic E-state index is 13.9. The summed E-state index contributed by atoms with van der Waals surface area (Å²) in [5, 5.41) is 0. The number of anilines is 1. The first-order chi connectivity index (χ1) is 12.2. The average Bonchev–Trinajstić information content (AvgIpc) is 2.62. The van der Waals surface area contributed by atoms with Gasteiger partial charge in [0, 0.05) is 6.07 Å². The van der Waals surface area contributed by atoms with E-state index in [9.17, 15) is 26.8 Å². The van der Waals surface area contributed by atoms with Gasteiger partial charge in [-0.3, -0.25) is 4.72 Å². The first kappa shape index (κ1) is 19.3. The second kappa shape index (κ2) is 7.48. The van der Waals surface area contributed by atoms with Gasteiger partial charge in [0.05, 0.1) is 35.9 Å². The van der Waals surface area contributed by atoms with E-state index in [1.54, 1.807) is 0 Å². The minimum atomic E-state index is -4.26. The van der Waals surface area contributed by atoms with Crippen molar-refractivity contribution in [3.63, 3.8) is 0 Å². The second-order valence-corrected chi connectivity index (χ2v) is 6.61. The van der Waals surface area contributed by atoms with Crippen LogP contribution in [-0.2, 0) is 19.5 Å². The van der Waals surface area contributed by atoms with Gasteiger partial charge in [-0.1, -0.05) is 0 Å². The van der Waals surface area contributed by atoms with E-state index < -0.39 is 44.8 Å². The number of carbonyl (C=O) groups is 2. The molecule has 2 aromatic rings. The van der Waals surface area contributed by atoms with Gasteiger partial charge in [-0.25, -0.2) is 26.8 Å². The lowest BCUT2D eigenvalue weighted by atomic mass is 10.2. The first-order valence-electron chi connectivity index (χ1n) is 6.98. The van der Waals surface area contributed by atoms with Crippen LogP contribution in [0, 0.1) is 11.6 Å². The van der Waals surface area contributed by atoms with Crippen molar-refractivity contribution in [3.8, 4) is 0 Å². The Kier molecular flexibility index (Phi) is 5.56. The second-order valence-electron chi connectivity index (χ2n) is 4.92. The molecule has 0 aliphatic heterocycles. The van der Waals surface area contributed by atoms with Gasteiger partial charge in [0.25, 0.3) is 10.0 Å². The van der Waals surface area contributed by atoms with Gasteiger partial charge < -0.3 is 9.47 Å². The van der Waals surface area contributed by atoms with E-state index in [0.29, 0.717) is 12.1 Å². The van der Waals surface area contributed by atoms with Gasteiger partial charge in [-0.15, -0.1) is 0 Å². The number of hydrogen-bond acceptors (Lipinski definition) is 6. The Morgan fingerprint density at radius 2 is 1.50 bits per heavy atom. The minimum Gasteiger partial charge on any atom is -0.465 e. The van der Waals surface area contributed by atoms with E-state index in [2.05, 4.69) is 9.47 Å². The lowest BCUT2D eigenvalue weighted by Crippen LogP contribution is -2.16. The summed E-state index contributed by atoms with van der Waals surface area (Å²) < 4.78 is 62.9. The molecule has 10 heteroatoms. The smallest absolute Gasteiger partial charge is 0.340 e. The van der Waals surface area contributed by atoms with Gasteiger partial charge in [0.2, 0.25) is 0 Å². The zero-order chi connectivity index (χ0) is 19.5. The van der Waals surface area contributed by atoms with Crippen molar-refractivity contribution in [3.05, 3.63) is 59.2 Å². The zero-order valence-corrected chi connectivity index (χ0v) is 14.4. The molecule has 0 amide bonds. The Balaban J connectivity index is 2.37. The summed E-state index contributed by atoms with van der Waals surface area (Å²) in [6.45, 7) is 0. The predicted octanol–water partition coefficient (Wildman–Crippen LogP) is 2.34. The van der Waals surface area contributed by atoms with Gasteiger partial charge in [-0.05, 0) is 30.3 Å². The monoisotopic (exact) mass is 385 g/mol. The summed E-state index contributed by atoms with van der Waals surface area (Å²) in [7, 11) is -2.09. The molecule has 0 aliphatic rings. The molecule has 0 atom stereocenters. The fourth-order valence-corrected chi connectivity index (χ4v) is 3.04. The summed E-state index contributed by atoms with van der Waals surface area (Å²) >= 11 is 0. The van der Waals surface area contributed by atoms with Crippen LogP contribution in [0.5, 0.6) is 0 Å². The van der Waals surface area contributed by atoms with Crippen molar-refractivity contribution in [1.29, 1.82) is 0 Å². The lowest BCUT2D eigenvalue weighted by molar-refractivity contribution is 0.0588. The van der Waals surface area contributed by atoms with Crippen LogP contribution in [0.1, 0.15) is 20.7 Å². The Labute approximate surface area is 147 Å². The maximum Gasteiger partial charge on any atom is 0.340 e. The Bertz CT molecular complexity index is 957. The van der Waals surface area contributed by atoms with Crippen LogP contribution in [0.4, 0.5) is 14.5 Å². The first-order valence-corrected chi connectivity index (χ1v) is 8.46. The van der Waals surface area contributed by atoms with E-state index in [0.717, 1.165) is 19.2 Å². The predicted molar refractivity (Wildman–Crippen MR) is 86.3 cm³/mol. The molecule has 0 bridgehead atoms. The lowest BCUT2D eigenvalue weighted by Gasteiger charge is -2.11. The third-order valence-electron chi connectivity index (χ3n) is 3.29. The summed E-state index contributed by atoms with van der Waals surface area (Å²) in [5.74, 6) is -4.16. The van der Waals surface area contributed by atoms with E-state index in [1.807, 2.05) is 4.72 Å². The standard InChI is InChI=1S/C16H13F2NO6S/c1-24-15(20)9-3-5-10(6-4-9)26(22,23)19-14-7-11(16(21)25-2)12(17)8-13(14)18/h3-8,19H,1-2H3. The van der Waals surface area contributed by atoms with E-state index in [1.165, 1.54) is 19.2 Å². The number of methoxy groups -OCH3 is 2. The Hall–Kier alpha value is -3.01. The molecule has 0 saturated carbocycles. The van der Waals surface area contributed by atoms with Crippen LogP contribution in [0.15, 0.2) is 41.3 Å². The van der Waals surface area contributed by atoms with E-state index >= 15 is 0 Å². The van der Waals surface area contributed by atoms with E-state index in [-0.39, 0.29) is 10.5 Å². The van der Waals surface area contributed by atoms with Crippen LogP contribution >= 0.6 is 0 Å². The van der Waals surface area contributed by atoms with Gasteiger partial charge in [0.1, 0.15) is 11.6 Å². The molecule has 0 spiro atoms. The normalized spacial score (nSPS) is 10.9. The number of carbonyl (C=O) groups excluding carboxylic acids is 2. The number of benzene rings is 2. The SMILES string of the molecule is COC(=O)c1ccc(S(=O)(=O)Nc2cc(C(=O)OC)c(F)cc2F)cc1. The van der Waals surface area contributed by atoms with E-state index in [4.69, 9.17) is 0 Å². The summed E-state index contributed by atoms with van der Waals surface area (Å²) in [6.07, 6.45) is 0. The number of halogens is 2. The highest BCUT2D eigenvalue weighted by Gasteiger charge is 2.21. The minimum absolute atomic E-state index is 0.118. The molecule has 26 heavy (non-hydrogen) atoms. The van der Waals surface area contributed by atoms with Crippen molar-refractivity contribution in [2.75, 3.05) is 18.9 Å². The van der Waals surface area contributed by atoms with Crippen LogP contribution in [0.2, 0.25) is 0 Å². The highest BCUT2D eigenvalue weighted by atomic mass is 32.2. The molecule has 2 aromatic carbocycles. The largest absolute Gasteiger partial charge is 0.465 e. The fourth-order valence-electron chi connectivity index (χ4n) is 1.99. The van der Waals surface area contributed by atoms with Crippen LogP contribution in [-0.4, -0.2) is 34.6 Å². The molecule has 0 aliphatic carbocycles. The van der Waals surface area contributed by atoms with Crippen molar-refractivity contribution in [2.45, 2.75) is 4.90 Å². The highest BCUT2D eigenvalue weighted by molar-refractivity contribution is 7.92. The molecule has 138 valence electrons. The molecule has 0 saturated heterocycles. The van der Waals surface area contributed by atoms with Crippen molar-refractivity contribution in [2.24, 2.45) is 0 Å². The number of hydrogen-bond donors (Lipinski definition) is 1. The van der Waals surface area contributed by atoms with Gasteiger partial charge >= 0.3 is 11.9 Å². The number of nitrogens with one attached hydrogen (secondary N) is 1. The molecule has 1 N–H and O–H groups in total. The summed E-state index contributed by atoms with van der Waals surface area (Å²) in [4.78, 5) is 22.5. The van der Waals surface area contributed by atoms with Crippen molar-refractivity contribution >= 4 is 27.6 Å². The third-order valence-corrected chi connectivity index (χ3v) is 4.67. The van der Waals surface area contributed by atoms with Crippen LogP contribution < -0.4 is 4.72 Å². The molecule has 0 heterocycles. The quantitative estimate of drug-likeness (QED) is 0.794. The Morgan fingerprint density at radius 3 is 2.04 bits per heavy atom. The molecule has 0 fully saturated rings. The third kappa shape index (κ3) is 3.97. The molecule has 0 unspecified atom stereocenters. The average molecular weight is 385 g/mol. The number of rotatable bonds is 5. The topological polar surface area (TPSA) is 98.8 Å². The maximum absolute atomic E-state index is 13.9. The van der Waals surface area contributed by atoms with Crippen molar-refractivity contribution in [1.82, 2.24) is 0 Å².